The van der Waals surface area contributed by atoms with Crippen molar-refractivity contribution in [2.75, 3.05) is 18.6 Å². The summed E-state index contributed by atoms with van der Waals surface area (Å²) >= 11 is 1.61. The molecule has 1 rings (SSSR count). The van der Waals surface area contributed by atoms with E-state index < -0.39 is 38.1 Å². The first-order valence-electron chi connectivity index (χ1n) is 6.00. The van der Waals surface area contributed by atoms with Crippen molar-refractivity contribution >= 4 is 27.8 Å². The summed E-state index contributed by atoms with van der Waals surface area (Å²) in [7, 11) is -4.29. The predicted molar refractivity (Wildman–Crippen MR) is 76.1 cm³/mol. The third-order valence-corrected chi connectivity index (χ3v) is 4.76. The number of halogens is 2. The second-order valence-corrected chi connectivity index (χ2v) is 6.89. The molecule has 0 heterocycles. The van der Waals surface area contributed by atoms with Crippen LogP contribution in [-0.4, -0.2) is 38.0 Å². The molecule has 2 N–H and O–H groups in total. The molecule has 0 aliphatic carbocycles. The molecule has 0 aliphatic heterocycles. The summed E-state index contributed by atoms with van der Waals surface area (Å²) in [5, 5.41) is 8.76. The quantitative estimate of drug-likeness (QED) is 0.709. The fourth-order valence-electron chi connectivity index (χ4n) is 1.54. The van der Waals surface area contributed by atoms with Crippen LogP contribution in [0.5, 0.6) is 0 Å². The van der Waals surface area contributed by atoms with Crippen LogP contribution >= 0.6 is 11.8 Å². The number of benzene rings is 1. The van der Waals surface area contributed by atoms with Crippen molar-refractivity contribution in [1.29, 1.82) is 0 Å². The molecule has 0 bridgehead atoms. The smallest absolute Gasteiger partial charge is 0.335 e. The van der Waals surface area contributed by atoms with Crippen molar-refractivity contribution < 1.29 is 27.1 Å². The standard InChI is InChI=1S/C12H15F2NO4S2/c1-20-5-3-2-4-15-21(18,19)10-7-8(12(16)17)6-9(13)11(10)14/h6-7,15H,2-5H2,1H3,(H,16,17). The Morgan fingerprint density at radius 2 is 2.00 bits per heavy atom. The van der Waals surface area contributed by atoms with E-state index in [0.717, 1.165) is 12.2 Å². The topological polar surface area (TPSA) is 83.5 Å². The van der Waals surface area contributed by atoms with Gasteiger partial charge in [-0.3, -0.25) is 0 Å². The maximum absolute atomic E-state index is 13.6. The number of aromatic carboxylic acids is 1. The molecule has 0 aliphatic rings. The van der Waals surface area contributed by atoms with Gasteiger partial charge in [-0.15, -0.1) is 0 Å². The Morgan fingerprint density at radius 1 is 1.33 bits per heavy atom. The van der Waals surface area contributed by atoms with Crippen molar-refractivity contribution in [3.63, 3.8) is 0 Å². The van der Waals surface area contributed by atoms with E-state index in [1.54, 1.807) is 11.8 Å². The van der Waals surface area contributed by atoms with Crippen molar-refractivity contribution in [2.45, 2.75) is 17.7 Å². The SMILES string of the molecule is CSCCCCNS(=O)(=O)c1cc(C(=O)O)cc(F)c1F. The van der Waals surface area contributed by atoms with Crippen LogP contribution < -0.4 is 4.72 Å². The van der Waals surface area contributed by atoms with Crippen LogP contribution in [0.1, 0.15) is 23.2 Å². The number of hydrogen-bond acceptors (Lipinski definition) is 4. The van der Waals surface area contributed by atoms with E-state index in [9.17, 15) is 22.0 Å². The summed E-state index contributed by atoms with van der Waals surface area (Å²) in [5.74, 6) is -3.78. The van der Waals surface area contributed by atoms with Gasteiger partial charge in [0.15, 0.2) is 11.6 Å². The van der Waals surface area contributed by atoms with E-state index >= 15 is 0 Å². The molecule has 118 valence electrons. The van der Waals surface area contributed by atoms with Crippen molar-refractivity contribution in [2.24, 2.45) is 0 Å². The fourth-order valence-corrected chi connectivity index (χ4v) is 3.22. The lowest BCUT2D eigenvalue weighted by Gasteiger charge is -2.09. The Balaban J connectivity index is 2.94. The first-order valence-corrected chi connectivity index (χ1v) is 8.88. The van der Waals surface area contributed by atoms with Crippen LogP contribution in [0.25, 0.3) is 0 Å². The van der Waals surface area contributed by atoms with Crippen LogP contribution in [0, 0.1) is 11.6 Å². The van der Waals surface area contributed by atoms with Gasteiger partial charge in [0.1, 0.15) is 4.90 Å². The zero-order valence-electron chi connectivity index (χ0n) is 11.2. The fraction of sp³-hybridized carbons (Fsp3) is 0.417. The molecule has 0 unspecified atom stereocenters. The first-order chi connectivity index (χ1) is 9.79. The number of nitrogens with one attached hydrogen (secondary N) is 1. The van der Waals surface area contributed by atoms with Gasteiger partial charge in [0.05, 0.1) is 5.56 Å². The Labute approximate surface area is 125 Å². The molecule has 0 atom stereocenters. The Hall–Kier alpha value is -1.19. The Morgan fingerprint density at radius 3 is 2.57 bits per heavy atom. The van der Waals surface area contributed by atoms with Gasteiger partial charge in [-0.1, -0.05) is 0 Å². The van der Waals surface area contributed by atoms with E-state index in [2.05, 4.69) is 4.72 Å². The average molecular weight is 339 g/mol. The number of thioether (sulfide) groups is 1. The molecule has 0 saturated heterocycles. The summed E-state index contributed by atoms with van der Waals surface area (Å²) in [6.45, 7) is 0.0707. The Bertz CT molecular complexity index is 620. The highest BCUT2D eigenvalue weighted by molar-refractivity contribution is 7.98. The highest BCUT2D eigenvalue weighted by atomic mass is 32.2. The van der Waals surface area contributed by atoms with Crippen molar-refractivity contribution in [3.05, 3.63) is 29.3 Å². The minimum Gasteiger partial charge on any atom is -0.478 e. The molecular formula is C12H15F2NO4S2. The summed E-state index contributed by atoms with van der Waals surface area (Å²) in [5.41, 5.74) is -0.628. The van der Waals surface area contributed by atoms with Gasteiger partial charge in [-0.2, -0.15) is 11.8 Å². The van der Waals surface area contributed by atoms with Crippen molar-refractivity contribution in [3.8, 4) is 0 Å². The number of hydrogen-bond donors (Lipinski definition) is 2. The summed E-state index contributed by atoms with van der Waals surface area (Å²) < 4.78 is 52.8. The molecule has 0 amide bonds. The van der Waals surface area contributed by atoms with Gasteiger partial charge in [-0.05, 0) is 37.0 Å². The molecule has 0 aromatic heterocycles. The minimum atomic E-state index is -4.29. The number of carbonyl (C=O) groups is 1. The number of carboxylic acid groups (broad SMARTS) is 1. The van der Waals surface area contributed by atoms with E-state index in [1.807, 2.05) is 6.26 Å². The molecule has 5 nitrogen and oxygen atoms in total. The lowest BCUT2D eigenvalue weighted by atomic mass is 10.2. The van der Waals surface area contributed by atoms with Gasteiger partial charge in [-0.25, -0.2) is 26.7 Å². The summed E-state index contributed by atoms with van der Waals surface area (Å²) in [6, 6.07) is 1.04. The average Bonchev–Trinajstić information content (AvgIpc) is 2.40. The second-order valence-electron chi connectivity index (χ2n) is 4.17. The molecule has 1 aromatic rings. The van der Waals surface area contributed by atoms with Crippen LogP contribution in [0.4, 0.5) is 8.78 Å². The highest BCUT2D eigenvalue weighted by Gasteiger charge is 2.24. The van der Waals surface area contributed by atoms with Crippen LogP contribution in [0.15, 0.2) is 17.0 Å². The monoisotopic (exact) mass is 339 g/mol. The number of carboxylic acids is 1. The summed E-state index contributed by atoms with van der Waals surface area (Å²) in [6.07, 6.45) is 3.23. The van der Waals surface area contributed by atoms with E-state index in [4.69, 9.17) is 5.11 Å². The van der Waals surface area contributed by atoms with Crippen molar-refractivity contribution in [1.82, 2.24) is 4.72 Å². The minimum absolute atomic E-state index is 0.0707. The second kappa shape index (κ2) is 7.71. The van der Waals surface area contributed by atoms with E-state index in [0.29, 0.717) is 18.6 Å². The first kappa shape index (κ1) is 17.9. The molecule has 0 saturated carbocycles. The molecule has 1 aromatic carbocycles. The van der Waals surface area contributed by atoms with Crippen LogP contribution in [0.2, 0.25) is 0 Å². The number of sulfonamides is 1. The van der Waals surface area contributed by atoms with Gasteiger partial charge >= 0.3 is 5.97 Å². The molecular weight excluding hydrogens is 324 g/mol. The highest BCUT2D eigenvalue weighted by Crippen LogP contribution is 2.20. The van der Waals surface area contributed by atoms with E-state index in [-0.39, 0.29) is 6.54 Å². The van der Waals surface area contributed by atoms with Gasteiger partial charge in [0, 0.05) is 6.54 Å². The largest absolute Gasteiger partial charge is 0.478 e. The Kier molecular flexibility index (Phi) is 6.56. The molecule has 0 fully saturated rings. The van der Waals surface area contributed by atoms with E-state index in [1.165, 1.54) is 0 Å². The molecule has 0 spiro atoms. The molecule has 0 radical (unpaired) electrons. The third-order valence-electron chi connectivity index (χ3n) is 2.60. The zero-order chi connectivity index (χ0) is 16.0. The molecule has 21 heavy (non-hydrogen) atoms. The predicted octanol–water partition coefficient (Wildman–Crippen LogP) is 2.08. The lowest BCUT2D eigenvalue weighted by molar-refractivity contribution is 0.0696. The normalized spacial score (nSPS) is 11.6. The van der Waals surface area contributed by atoms with Crippen LogP contribution in [0.3, 0.4) is 0 Å². The van der Waals surface area contributed by atoms with Crippen LogP contribution in [-0.2, 0) is 10.0 Å². The molecule has 9 heteroatoms. The lowest BCUT2D eigenvalue weighted by Crippen LogP contribution is -2.26. The van der Waals surface area contributed by atoms with Gasteiger partial charge in [0.25, 0.3) is 0 Å². The third kappa shape index (κ3) is 4.94. The number of rotatable bonds is 8. The maximum atomic E-state index is 13.6. The summed E-state index contributed by atoms with van der Waals surface area (Å²) in [4.78, 5) is 9.77. The zero-order valence-corrected chi connectivity index (χ0v) is 12.9. The number of unbranched alkanes of at least 4 members (excludes halogenated alkanes) is 1. The van der Waals surface area contributed by atoms with Gasteiger partial charge < -0.3 is 5.11 Å². The maximum Gasteiger partial charge on any atom is 0.335 e. The van der Waals surface area contributed by atoms with Gasteiger partial charge in [0.2, 0.25) is 10.0 Å².